The number of hydrogen-bond donors (Lipinski definition) is 3. The van der Waals surface area contributed by atoms with Crippen LogP contribution >= 0.6 is 23.2 Å². The Morgan fingerprint density at radius 1 is 0.957 bits per heavy atom. The number of benzene rings is 2. The van der Waals surface area contributed by atoms with Gasteiger partial charge in [-0.2, -0.15) is 0 Å². The van der Waals surface area contributed by atoms with Crippen LogP contribution in [0.4, 0.5) is 17.1 Å². The lowest BCUT2D eigenvalue weighted by molar-refractivity contribution is -0.115. The number of halogens is 2. The van der Waals surface area contributed by atoms with Gasteiger partial charge < -0.3 is 16.0 Å². The number of nitrogens with one attached hydrogen (secondary N) is 3. The first-order valence-electron chi connectivity index (χ1n) is 6.81. The first kappa shape index (κ1) is 17.1. The van der Waals surface area contributed by atoms with Gasteiger partial charge in [-0.3, -0.25) is 9.59 Å². The summed E-state index contributed by atoms with van der Waals surface area (Å²) >= 11 is 11.9. The Morgan fingerprint density at radius 2 is 1.57 bits per heavy atom. The Morgan fingerprint density at radius 3 is 2.17 bits per heavy atom. The number of carbonyl (C=O) groups excluding carboxylic acids is 2. The second-order valence-corrected chi connectivity index (χ2v) is 5.55. The van der Waals surface area contributed by atoms with Crippen molar-refractivity contribution in [2.45, 2.75) is 6.92 Å². The zero-order valence-corrected chi connectivity index (χ0v) is 13.8. The van der Waals surface area contributed by atoms with Crippen LogP contribution in [0.15, 0.2) is 42.5 Å². The van der Waals surface area contributed by atoms with Crippen LogP contribution in [0.2, 0.25) is 10.0 Å². The van der Waals surface area contributed by atoms with Crippen LogP contribution in [-0.4, -0.2) is 18.4 Å². The maximum atomic E-state index is 11.9. The van der Waals surface area contributed by atoms with Gasteiger partial charge in [0, 0.05) is 18.3 Å². The molecule has 120 valence electrons. The lowest BCUT2D eigenvalue weighted by atomic mass is 10.2. The van der Waals surface area contributed by atoms with Crippen molar-refractivity contribution in [3.05, 3.63) is 52.5 Å². The summed E-state index contributed by atoms with van der Waals surface area (Å²) in [6, 6.07) is 12.0. The molecule has 0 spiro atoms. The van der Waals surface area contributed by atoms with Gasteiger partial charge >= 0.3 is 0 Å². The second-order valence-electron chi connectivity index (χ2n) is 4.76. The molecule has 2 rings (SSSR count). The van der Waals surface area contributed by atoms with E-state index in [4.69, 9.17) is 23.2 Å². The maximum absolute atomic E-state index is 11.9. The average Bonchev–Trinajstić information content (AvgIpc) is 2.50. The van der Waals surface area contributed by atoms with Gasteiger partial charge in [-0.05, 0) is 36.4 Å². The molecule has 3 N–H and O–H groups in total. The van der Waals surface area contributed by atoms with Crippen LogP contribution in [0, 0.1) is 0 Å². The van der Waals surface area contributed by atoms with Crippen molar-refractivity contribution >= 4 is 52.1 Å². The van der Waals surface area contributed by atoms with Crippen LogP contribution in [0.5, 0.6) is 0 Å². The highest BCUT2D eigenvalue weighted by molar-refractivity contribution is 6.43. The SMILES string of the molecule is CC(=O)Nc1ccc(NC(=O)CNc2cccc(Cl)c2Cl)cc1. The monoisotopic (exact) mass is 351 g/mol. The number of anilines is 3. The molecule has 0 atom stereocenters. The summed E-state index contributed by atoms with van der Waals surface area (Å²) in [5.74, 6) is -0.377. The molecule has 0 radical (unpaired) electrons. The standard InChI is InChI=1S/C16H15Cl2N3O2/c1-10(22)20-11-5-7-12(8-6-11)21-15(23)9-19-14-4-2-3-13(17)16(14)18/h2-8,19H,9H2,1H3,(H,20,22)(H,21,23). The van der Waals surface area contributed by atoms with E-state index in [2.05, 4.69) is 16.0 Å². The molecule has 0 bridgehead atoms. The molecule has 0 saturated heterocycles. The van der Waals surface area contributed by atoms with Crippen LogP contribution in [0.3, 0.4) is 0 Å². The van der Waals surface area contributed by atoms with Crippen LogP contribution in [0.1, 0.15) is 6.92 Å². The molecule has 0 aliphatic heterocycles. The summed E-state index contributed by atoms with van der Waals surface area (Å²) in [6.07, 6.45) is 0. The normalized spacial score (nSPS) is 10.0. The highest BCUT2D eigenvalue weighted by atomic mass is 35.5. The Bertz CT molecular complexity index is 718. The highest BCUT2D eigenvalue weighted by Gasteiger charge is 2.07. The summed E-state index contributed by atoms with van der Waals surface area (Å²) < 4.78 is 0. The summed E-state index contributed by atoms with van der Waals surface area (Å²) in [5.41, 5.74) is 1.89. The molecular formula is C16H15Cl2N3O2. The minimum Gasteiger partial charge on any atom is -0.375 e. The molecule has 0 heterocycles. The Labute approximate surface area is 144 Å². The lowest BCUT2D eigenvalue weighted by Gasteiger charge is -2.10. The van der Waals surface area contributed by atoms with Crippen molar-refractivity contribution in [3.8, 4) is 0 Å². The highest BCUT2D eigenvalue weighted by Crippen LogP contribution is 2.29. The van der Waals surface area contributed by atoms with Crippen molar-refractivity contribution in [1.82, 2.24) is 0 Å². The fourth-order valence-electron chi connectivity index (χ4n) is 1.86. The van der Waals surface area contributed by atoms with Crippen LogP contribution in [0.25, 0.3) is 0 Å². The van der Waals surface area contributed by atoms with Gasteiger partial charge in [-0.15, -0.1) is 0 Å². The maximum Gasteiger partial charge on any atom is 0.243 e. The smallest absolute Gasteiger partial charge is 0.243 e. The Hall–Kier alpha value is -2.24. The largest absolute Gasteiger partial charge is 0.375 e. The molecule has 0 aromatic heterocycles. The van der Waals surface area contributed by atoms with Crippen molar-refractivity contribution in [2.75, 3.05) is 22.5 Å². The third-order valence-electron chi connectivity index (χ3n) is 2.88. The van der Waals surface area contributed by atoms with Gasteiger partial charge in [0.05, 0.1) is 22.3 Å². The van der Waals surface area contributed by atoms with E-state index >= 15 is 0 Å². The summed E-state index contributed by atoms with van der Waals surface area (Å²) in [5, 5.41) is 9.11. The number of hydrogen-bond acceptors (Lipinski definition) is 3. The van der Waals surface area contributed by atoms with E-state index in [1.807, 2.05) is 0 Å². The first-order chi connectivity index (χ1) is 11.0. The minimum atomic E-state index is -0.228. The Kier molecular flexibility index (Phi) is 5.84. The van der Waals surface area contributed by atoms with Gasteiger partial charge in [-0.25, -0.2) is 0 Å². The predicted octanol–water partition coefficient (Wildman–Crippen LogP) is 4.00. The molecule has 5 nitrogen and oxygen atoms in total. The molecule has 0 unspecified atom stereocenters. The van der Waals surface area contributed by atoms with Gasteiger partial charge in [-0.1, -0.05) is 29.3 Å². The van der Waals surface area contributed by atoms with Crippen molar-refractivity contribution < 1.29 is 9.59 Å². The molecule has 0 aliphatic rings. The summed E-state index contributed by atoms with van der Waals surface area (Å²) in [4.78, 5) is 22.9. The molecule has 0 saturated carbocycles. The van der Waals surface area contributed by atoms with E-state index in [9.17, 15) is 9.59 Å². The molecule has 0 fully saturated rings. The van der Waals surface area contributed by atoms with E-state index in [0.29, 0.717) is 27.1 Å². The Balaban J connectivity index is 1.89. The zero-order valence-electron chi connectivity index (χ0n) is 12.3. The molecule has 7 heteroatoms. The van der Waals surface area contributed by atoms with Gasteiger partial charge in [0.15, 0.2) is 0 Å². The van der Waals surface area contributed by atoms with Crippen LogP contribution < -0.4 is 16.0 Å². The molecule has 2 aromatic rings. The van der Waals surface area contributed by atoms with Gasteiger partial charge in [0.2, 0.25) is 11.8 Å². The number of rotatable bonds is 5. The minimum absolute atomic E-state index is 0.0491. The average molecular weight is 352 g/mol. The summed E-state index contributed by atoms with van der Waals surface area (Å²) in [6.45, 7) is 1.48. The second kappa shape index (κ2) is 7.85. The lowest BCUT2D eigenvalue weighted by Crippen LogP contribution is -2.21. The van der Waals surface area contributed by atoms with E-state index in [1.165, 1.54) is 6.92 Å². The van der Waals surface area contributed by atoms with Gasteiger partial charge in [0.25, 0.3) is 0 Å². The van der Waals surface area contributed by atoms with Crippen molar-refractivity contribution in [3.63, 3.8) is 0 Å². The quantitative estimate of drug-likeness (QED) is 0.762. The van der Waals surface area contributed by atoms with Crippen molar-refractivity contribution in [2.24, 2.45) is 0 Å². The molecular weight excluding hydrogens is 337 g/mol. The molecule has 2 aromatic carbocycles. The van der Waals surface area contributed by atoms with E-state index in [1.54, 1.807) is 42.5 Å². The number of carbonyl (C=O) groups is 2. The molecule has 0 aliphatic carbocycles. The summed E-state index contributed by atoms with van der Waals surface area (Å²) in [7, 11) is 0. The van der Waals surface area contributed by atoms with Crippen LogP contribution in [-0.2, 0) is 9.59 Å². The molecule has 2 amide bonds. The fourth-order valence-corrected chi connectivity index (χ4v) is 2.23. The third kappa shape index (κ3) is 5.16. The van der Waals surface area contributed by atoms with Crippen molar-refractivity contribution in [1.29, 1.82) is 0 Å². The zero-order chi connectivity index (χ0) is 16.8. The fraction of sp³-hybridized carbons (Fsp3) is 0.125. The number of amides is 2. The molecule has 23 heavy (non-hydrogen) atoms. The third-order valence-corrected chi connectivity index (χ3v) is 3.70. The van der Waals surface area contributed by atoms with E-state index in [-0.39, 0.29) is 18.4 Å². The topological polar surface area (TPSA) is 70.2 Å². The predicted molar refractivity (Wildman–Crippen MR) is 94.3 cm³/mol. The van der Waals surface area contributed by atoms with E-state index in [0.717, 1.165) is 0 Å². The first-order valence-corrected chi connectivity index (χ1v) is 7.56. The van der Waals surface area contributed by atoms with Gasteiger partial charge in [0.1, 0.15) is 0 Å². The van der Waals surface area contributed by atoms with E-state index < -0.39 is 0 Å².